The Morgan fingerprint density at radius 1 is 1.25 bits per heavy atom. The van der Waals surface area contributed by atoms with Crippen LogP contribution in [-0.4, -0.2) is 27.4 Å². The first-order valence-electron chi connectivity index (χ1n) is 11.2. The lowest BCUT2D eigenvalue weighted by atomic mass is 9.91. The van der Waals surface area contributed by atoms with Gasteiger partial charge in [0.1, 0.15) is 17.1 Å². The summed E-state index contributed by atoms with van der Waals surface area (Å²) in [4.78, 5) is 12.0. The van der Waals surface area contributed by atoms with Gasteiger partial charge in [-0.1, -0.05) is 50.2 Å². The number of benzene rings is 1. The molecule has 0 unspecified atom stereocenters. The van der Waals surface area contributed by atoms with E-state index in [9.17, 15) is 4.79 Å². The molecule has 170 valence electrons. The van der Waals surface area contributed by atoms with E-state index < -0.39 is 5.91 Å². The number of primary amides is 1. The maximum absolute atomic E-state index is 12.0. The van der Waals surface area contributed by atoms with Gasteiger partial charge in [0, 0.05) is 18.2 Å². The molecule has 0 atom stereocenters. The van der Waals surface area contributed by atoms with Crippen LogP contribution in [-0.2, 0) is 12.8 Å². The van der Waals surface area contributed by atoms with Crippen LogP contribution in [0.3, 0.4) is 0 Å². The molecule has 5 N–H and O–H groups in total. The summed E-state index contributed by atoms with van der Waals surface area (Å²) in [6, 6.07) is 10.2. The molecule has 1 saturated carbocycles. The van der Waals surface area contributed by atoms with Crippen LogP contribution in [0.2, 0.25) is 0 Å². The van der Waals surface area contributed by atoms with Crippen molar-refractivity contribution in [1.29, 1.82) is 0 Å². The normalized spacial score (nSPS) is 14.3. The largest absolute Gasteiger partial charge is 0.383 e. The first-order chi connectivity index (χ1) is 15.2. The Kier molecular flexibility index (Phi) is 5.95. The van der Waals surface area contributed by atoms with E-state index in [2.05, 4.69) is 36.3 Å². The van der Waals surface area contributed by atoms with Crippen LogP contribution in [0.5, 0.6) is 0 Å². The van der Waals surface area contributed by atoms with Crippen molar-refractivity contribution < 1.29 is 9.32 Å². The Hall–Kier alpha value is -3.29. The number of nitrogens with two attached hydrogens (primary N) is 2. The summed E-state index contributed by atoms with van der Waals surface area (Å²) in [7, 11) is 0. The fourth-order valence-electron chi connectivity index (χ4n) is 3.98. The summed E-state index contributed by atoms with van der Waals surface area (Å²) in [5.74, 6) is 0.501. The molecule has 1 aliphatic rings. The van der Waals surface area contributed by atoms with E-state index in [4.69, 9.17) is 16.0 Å². The van der Waals surface area contributed by atoms with Gasteiger partial charge in [-0.05, 0) is 43.1 Å². The first kappa shape index (κ1) is 21.9. The quantitative estimate of drug-likeness (QED) is 0.486. The van der Waals surface area contributed by atoms with Crippen molar-refractivity contribution in [2.45, 2.75) is 58.9 Å². The van der Waals surface area contributed by atoms with Crippen molar-refractivity contribution in [1.82, 2.24) is 14.9 Å². The molecule has 1 aliphatic carbocycles. The average Bonchev–Trinajstić information content (AvgIpc) is 3.24. The van der Waals surface area contributed by atoms with Crippen LogP contribution in [0.25, 0.3) is 11.3 Å². The monoisotopic (exact) mass is 436 g/mol. The molecule has 0 aliphatic heterocycles. The third-order valence-corrected chi connectivity index (χ3v) is 5.83. The number of aromatic nitrogens is 3. The fraction of sp³-hybridized carbons (Fsp3) is 0.458. The average molecular weight is 437 g/mol. The molecule has 8 nitrogen and oxygen atoms in total. The number of hydrogen-bond donors (Lipinski definition) is 3. The topological polar surface area (TPSA) is 125 Å². The summed E-state index contributed by atoms with van der Waals surface area (Å²) in [5, 5.41) is 12.1. The Bertz CT molecular complexity index is 1090. The third kappa shape index (κ3) is 4.79. The lowest BCUT2D eigenvalue weighted by molar-refractivity contribution is 0.100. The SMILES string of the molecule is CC(C)(C)Cc1cc(NCCc2ccc(-c3nn(C4CCC4)c(N)c3C(N)=O)cc2)on1. The lowest BCUT2D eigenvalue weighted by Crippen LogP contribution is -2.21. The van der Waals surface area contributed by atoms with Crippen molar-refractivity contribution >= 4 is 17.6 Å². The molecule has 2 heterocycles. The highest BCUT2D eigenvalue weighted by Crippen LogP contribution is 2.37. The second-order valence-electron chi connectivity index (χ2n) is 9.80. The minimum absolute atomic E-state index is 0.169. The molecule has 3 aromatic rings. The van der Waals surface area contributed by atoms with Crippen LogP contribution >= 0.6 is 0 Å². The standard InChI is InChI=1S/C24H32N6O2/c1-24(2,3)14-17-13-19(32-29-17)27-12-11-15-7-9-16(10-8-15)21-20(23(26)31)22(25)30(28-21)18-5-4-6-18/h7-10,13,18,27H,4-6,11-12,14,25H2,1-3H3,(H2,26,31). The third-order valence-electron chi connectivity index (χ3n) is 5.83. The predicted octanol–water partition coefficient (Wildman–Crippen LogP) is 4.19. The second kappa shape index (κ2) is 8.68. The highest BCUT2D eigenvalue weighted by atomic mass is 16.5. The number of rotatable bonds is 8. The van der Waals surface area contributed by atoms with E-state index >= 15 is 0 Å². The Morgan fingerprint density at radius 2 is 1.97 bits per heavy atom. The van der Waals surface area contributed by atoms with Gasteiger partial charge in [0.25, 0.3) is 5.91 Å². The number of nitrogens with zero attached hydrogens (tertiary/aromatic N) is 3. The molecule has 32 heavy (non-hydrogen) atoms. The highest BCUT2D eigenvalue weighted by molar-refractivity contribution is 6.03. The predicted molar refractivity (Wildman–Crippen MR) is 125 cm³/mol. The number of nitrogens with one attached hydrogen (secondary N) is 1. The Labute approximate surface area is 188 Å². The molecule has 1 fully saturated rings. The van der Waals surface area contributed by atoms with Crippen LogP contribution in [0.4, 0.5) is 11.7 Å². The molecule has 1 aromatic carbocycles. The zero-order valence-corrected chi connectivity index (χ0v) is 19.0. The number of anilines is 2. The molecule has 0 spiro atoms. The van der Waals surface area contributed by atoms with Gasteiger partial charge in [-0.15, -0.1) is 0 Å². The molecule has 1 amide bonds. The van der Waals surface area contributed by atoms with E-state index in [1.165, 1.54) is 0 Å². The van der Waals surface area contributed by atoms with Gasteiger partial charge in [-0.3, -0.25) is 4.79 Å². The smallest absolute Gasteiger partial charge is 0.254 e. The zero-order chi connectivity index (χ0) is 22.9. The van der Waals surface area contributed by atoms with Gasteiger partial charge < -0.3 is 21.3 Å². The van der Waals surface area contributed by atoms with Gasteiger partial charge in [-0.2, -0.15) is 5.10 Å². The van der Waals surface area contributed by atoms with Crippen molar-refractivity contribution in [3.63, 3.8) is 0 Å². The van der Waals surface area contributed by atoms with E-state index in [0.717, 1.165) is 55.5 Å². The van der Waals surface area contributed by atoms with E-state index in [1.807, 2.05) is 30.3 Å². The molecule has 0 bridgehead atoms. The number of hydrogen-bond acceptors (Lipinski definition) is 6. The molecular formula is C24H32N6O2. The lowest BCUT2D eigenvalue weighted by Gasteiger charge is -2.26. The van der Waals surface area contributed by atoms with Crippen molar-refractivity contribution in [3.05, 3.63) is 47.2 Å². The van der Waals surface area contributed by atoms with Crippen LogP contribution in [0.1, 0.15) is 67.7 Å². The summed E-state index contributed by atoms with van der Waals surface area (Å²) in [5.41, 5.74) is 15.8. The van der Waals surface area contributed by atoms with Crippen molar-refractivity contribution in [2.24, 2.45) is 11.1 Å². The molecule has 0 radical (unpaired) electrons. The summed E-state index contributed by atoms with van der Waals surface area (Å²) < 4.78 is 7.15. The zero-order valence-electron chi connectivity index (χ0n) is 19.0. The summed E-state index contributed by atoms with van der Waals surface area (Å²) in [6.45, 7) is 7.25. The number of carbonyl (C=O) groups is 1. The van der Waals surface area contributed by atoms with Crippen molar-refractivity contribution in [2.75, 3.05) is 17.6 Å². The second-order valence-corrected chi connectivity index (χ2v) is 9.80. The van der Waals surface area contributed by atoms with Gasteiger partial charge in [-0.25, -0.2) is 4.68 Å². The maximum atomic E-state index is 12.0. The Morgan fingerprint density at radius 3 is 2.56 bits per heavy atom. The summed E-state index contributed by atoms with van der Waals surface area (Å²) >= 11 is 0. The molecule has 0 saturated heterocycles. The Balaban J connectivity index is 1.40. The highest BCUT2D eigenvalue weighted by Gasteiger charge is 2.28. The van der Waals surface area contributed by atoms with E-state index in [1.54, 1.807) is 4.68 Å². The van der Waals surface area contributed by atoms with E-state index in [0.29, 0.717) is 23.0 Å². The van der Waals surface area contributed by atoms with Gasteiger partial charge in [0.05, 0.1) is 11.7 Å². The fourth-order valence-corrected chi connectivity index (χ4v) is 3.98. The number of amides is 1. The van der Waals surface area contributed by atoms with Gasteiger partial charge in [0.15, 0.2) is 0 Å². The van der Waals surface area contributed by atoms with Gasteiger partial charge >= 0.3 is 0 Å². The number of carbonyl (C=O) groups excluding carboxylic acids is 1. The van der Waals surface area contributed by atoms with Crippen molar-refractivity contribution in [3.8, 4) is 11.3 Å². The van der Waals surface area contributed by atoms with Crippen LogP contribution in [0, 0.1) is 5.41 Å². The van der Waals surface area contributed by atoms with Gasteiger partial charge in [0.2, 0.25) is 5.88 Å². The minimum Gasteiger partial charge on any atom is -0.383 e. The molecule has 2 aromatic heterocycles. The summed E-state index contributed by atoms with van der Waals surface area (Å²) in [6.07, 6.45) is 4.89. The van der Waals surface area contributed by atoms with Crippen LogP contribution in [0.15, 0.2) is 34.9 Å². The van der Waals surface area contributed by atoms with E-state index in [-0.39, 0.29) is 11.5 Å². The van der Waals surface area contributed by atoms with Crippen LogP contribution < -0.4 is 16.8 Å². The molecular weight excluding hydrogens is 404 g/mol. The molecule has 4 rings (SSSR count). The maximum Gasteiger partial charge on any atom is 0.254 e. The minimum atomic E-state index is -0.547. The molecule has 8 heteroatoms. The number of nitrogen functional groups attached to an aromatic ring is 1. The first-order valence-corrected chi connectivity index (χ1v) is 11.2.